The quantitative estimate of drug-likeness (QED) is 0.804. The van der Waals surface area contributed by atoms with Crippen molar-refractivity contribution in [1.82, 2.24) is 4.90 Å². The molecule has 1 spiro atoms. The van der Waals surface area contributed by atoms with Crippen LogP contribution in [0.25, 0.3) is 0 Å². The van der Waals surface area contributed by atoms with Crippen LogP contribution < -0.4 is 5.73 Å². The maximum absolute atomic E-state index is 14.1. The van der Waals surface area contributed by atoms with Crippen molar-refractivity contribution in [2.45, 2.75) is 44.2 Å². The van der Waals surface area contributed by atoms with Gasteiger partial charge in [0.2, 0.25) is 5.91 Å². The first-order valence-electron chi connectivity index (χ1n) is 10.1. The standard InChI is InChI=1S/C22H26F2N2O2S/c1-14(17(21(25)27)12-15-4-2-3-5-18(15)23)26-9-7-22(8-10-26)20-16(6-11-28-22)13-19(24)29-20/h2-5,13-14,17H,6-12H2,1H3,(H2,25,27). The van der Waals surface area contributed by atoms with Crippen LogP contribution in [0.15, 0.2) is 30.3 Å². The lowest BCUT2D eigenvalue weighted by Crippen LogP contribution is -2.52. The maximum atomic E-state index is 14.1. The minimum absolute atomic E-state index is 0.118. The zero-order chi connectivity index (χ0) is 20.6. The van der Waals surface area contributed by atoms with Crippen LogP contribution in [0.4, 0.5) is 8.78 Å². The summed E-state index contributed by atoms with van der Waals surface area (Å²) in [7, 11) is 0. The van der Waals surface area contributed by atoms with Gasteiger partial charge in [0.25, 0.3) is 0 Å². The zero-order valence-corrected chi connectivity index (χ0v) is 17.3. The molecule has 156 valence electrons. The van der Waals surface area contributed by atoms with Crippen molar-refractivity contribution in [3.63, 3.8) is 0 Å². The molecule has 4 nitrogen and oxygen atoms in total. The third kappa shape index (κ3) is 3.96. The zero-order valence-electron chi connectivity index (χ0n) is 16.5. The number of rotatable bonds is 5. The summed E-state index contributed by atoms with van der Waals surface area (Å²) in [4.78, 5) is 15.4. The minimum Gasteiger partial charge on any atom is -0.369 e. The van der Waals surface area contributed by atoms with E-state index in [0.29, 0.717) is 12.2 Å². The fraction of sp³-hybridized carbons (Fsp3) is 0.500. The second-order valence-electron chi connectivity index (χ2n) is 8.08. The summed E-state index contributed by atoms with van der Waals surface area (Å²) in [6.45, 7) is 4.03. The van der Waals surface area contributed by atoms with E-state index in [0.717, 1.165) is 42.8 Å². The largest absolute Gasteiger partial charge is 0.369 e. The van der Waals surface area contributed by atoms with E-state index in [1.54, 1.807) is 24.3 Å². The third-order valence-corrected chi connectivity index (χ3v) is 7.62. The molecule has 0 radical (unpaired) electrons. The first-order valence-corrected chi connectivity index (χ1v) is 10.9. The van der Waals surface area contributed by atoms with Crippen molar-refractivity contribution in [2.75, 3.05) is 19.7 Å². The molecular weight excluding hydrogens is 394 g/mol. The third-order valence-electron chi connectivity index (χ3n) is 6.47. The molecule has 0 bridgehead atoms. The van der Waals surface area contributed by atoms with E-state index in [4.69, 9.17) is 10.5 Å². The van der Waals surface area contributed by atoms with Crippen molar-refractivity contribution in [3.8, 4) is 0 Å². The van der Waals surface area contributed by atoms with Crippen molar-refractivity contribution < 1.29 is 18.3 Å². The van der Waals surface area contributed by atoms with Gasteiger partial charge < -0.3 is 10.5 Å². The monoisotopic (exact) mass is 420 g/mol. The summed E-state index contributed by atoms with van der Waals surface area (Å²) >= 11 is 1.19. The summed E-state index contributed by atoms with van der Waals surface area (Å²) in [6.07, 6.45) is 2.52. The van der Waals surface area contributed by atoms with Gasteiger partial charge in [-0.25, -0.2) is 4.39 Å². The maximum Gasteiger partial charge on any atom is 0.222 e. The Hall–Kier alpha value is -1.83. The first kappa shape index (κ1) is 20.4. The topological polar surface area (TPSA) is 55.6 Å². The molecule has 1 aromatic carbocycles. The van der Waals surface area contributed by atoms with Gasteiger partial charge in [0.05, 0.1) is 12.5 Å². The van der Waals surface area contributed by atoms with Gasteiger partial charge in [0, 0.05) is 24.0 Å². The Morgan fingerprint density at radius 1 is 1.31 bits per heavy atom. The predicted octanol–water partition coefficient (Wildman–Crippen LogP) is 3.62. The number of nitrogens with zero attached hydrogens (tertiary/aromatic N) is 1. The Labute approximate surface area is 173 Å². The summed E-state index contributed by atoms with van der Waals surface area (Å²) in [6, 6.07) is 8.03. The molecule has 2 unspecified atom stereocenters. The lowest BCUT2D eigenvalue weighted by molar-refractivity contribution is -0.126. The van der Waals surface area contributed by atoms with E-state index < -0.39 is 17.4 Å². The summed E-state index contributed by atoms with van der Waals surface area (Å²) in [5.74, 6) is -1.22. The molecule has 1 amide bonds. The SMILES string of the molecule is CC(C(Cc1ccccc1F)C(N)=O)N1CCC2(CC1)OCCc1cc(F)sc12. The van der Waals surface area contributed by atoms with Gasteiger partial charge in [-0.3, -0.25) is 9.69 Å². The molecule has 29 heavy (non-hydrogen) atoms. The number of carbonyl (C=O) groups excluding carboxylic acids is 1. The molecule has 3 heterocycles. The van der Waals surface area contributed by atoms with Crippen LogP contribution in [0.5, 0.6) is 0 Å². The average Bonchev–Trinajstić information content (AvgIpc) is 3.09. The van der Waals surface area contributed by atoms with Gasteiger partial charge >= 0.3 is 0 Å². The van der Waals surface area contributed by atoms with Gasteiger partial charge in [-0.05, 0) is 55.9 Å². The van der Waals surface area contributed by atoms with Crippen LogP contribution >= 0.6 is 11.3 Å². The molecule has 2 aromatic rings. The van der Waals surface area contributed by atoms with Gasteiger partial charge in [-0.1, -0.05) is 18.2 Å². The number of primary amides is 1. The van der Waals surface area contributed by atoms with Crippen molar-refractivity contribution in [1.29, 1.82) is 0 Å². The van der Waals surface area contributed by atoms with Crippen molar-refractivity contribution in [2.24, 2.45) is 11.7 Å². The highest BCUT2D eigenvalue weighted by molar-refractivity contribution is 7.10. The first-order chi connectivity index (χ1) is 13.9. The number of hydrogen-bond donors (Lipinski definition) is 1. The molecule has 0 aliphatic carbocycles. The van der Waals surface area contributed by atoms with E-state index in [1.807, 2.05) is 6.92 Å². The predicted molar refractivity (Wildman–Crippen MR) is 109 cm³/mol. The number of benzene rings is 1. The van der Waals surface area contributed by atoms with Crippen LogP contribution in [0.1, 0.15) is 35.8 Å². The summed E-state index contributed by atoms with van der Waals surface area (Å²) < 4.78 is 34.1. The Bertz CT molecular complexity index is 893. The fourth-order valence-electron chi connectivity index (χ4n) is 4.72. The molecule has 4 rings (SSSR count). The highest BCUT2D eigenvalue weighted by atomic mass is 32.1. The second-order valence-corrected chi connectivity index (χ2v) is 9.08. The number of amides is 1. The lowest BCUT2D eigenvalue weighted by atomic mass is 9.83. The van der Waals surface area contributed by atoms with Gasteiger partial charge in [-0.15, -0.1) is 11.3 Å². The lowest BCUT2D eigenvalue weighted by Gasteiger charge is -2.46. The molecular formula is C22H26F2N2O2S. The van der Waals surface area contributed by atoms with Crippen LogP contribution in [0, 0.1) is 16.9 Å². The number of likely N-dealkylation sites (tertiary alicyclic amines) is 1. The molecule has 2 N–H and O–H groups in total. The molecule has 2 aliphatic rings. The summed E-state index contributed by atoms with van der Waals surface area (Å²) in [5, 5.41) is -0.158. The highest BCUT2D eigenvalue weighted by Gasteiger charge is 2.44. The minimum atomic E-state index is -0.483. The van der Waals surface area contributed by atoms with E-state index in [9.17, 15) is 13.6 Å². The van der Waals surface area contributed by atoms with Crippen molar-refractivity contribution >= 4 is 17.2 Å². The Morgan fingerprint density at radius 2 is 2.03 bits per heavy atom. The van der Waals surface area contributed by atoms with Crippen molar-refractivity contribution in [3.05, 3.63) is 57.3 Å². The number of carbonyl (C=O) groups is 1. The average molecular weight is 421 g/mol. The number of ether oxygens (including phenoxy) is 1. The Kier molecular flexibility index (Phi) is 5.73. The van der Waals surface area contributed by atoms with Crippen LogP contribution in [-0.2, 0) is 28.0 Å². The van der Waals surface area contributed by atoms with E-state index in [-0.39, 0.29) is 23.4 Å². The van der Waals surface area contributed by atoms with Gasteiger partial charge in [0.1, 0.15) is 11.4 Å². The van der Waals surface area contributed by atoms with E-state index >= 15 is 0 Å². The Balaban J connectivity index is 1.47. The molecule has 1 fully saturated rings. The van der Waals surface area contributed by atoms with E-state index in [1.165, 1.54) is 17.4 Å². The molecule has 2 atom stereocenters. The van der Waals surface area contributed by atoms with Crippen LogP contribution in [-0.4, -0.2) is 36.5 Å². The number of thiophene rings is 1. The van der Waals surface area contributed by atoms with Crippen LogP contribution in [0.3, 0.4) is 0 Å². The normalized spacial score (nSPS) is 20.9. The molecule has 7 heteroatoms. The Morgan fingerprint density at radius 3 is 2.72 bits per heavy atom. The highest BCUT2D eigenvalue weighted by Crippen LogP contribution is 2.45. The number of hydrogen-bond acceptors (Lipinski definition) is 4. The molecule has 1 aromatic heterocycles. The molecule has 2 aliphatic heterocycles. The van der Waals surface area contributed by atoms with E-state index in [2.05, 4.69) is 4.90 Å². The second kappa shape index (κ2) is 8.13. The number of halogens is 2. The number of nitrogens with two attached hydrogens (primary N) is 1. The van der Waals surface area contributed by atoms with Gasteiger partial charge in [-0.2, -0.15) is 4.39 Å². The van der Waals surface area contributed by atoms with Gasteiger partial charge in [0.15, 0.2) is 5.13 Å². The van der Waals surface area contributed by atoms with Crippen LogP contribution in [0.2, 0.25) is 0 Å². The smallest absolute Gasteiger partial charge is 0.222 e. The number of fused-ring (bicyclic) bond motifs is 2. The molecule has 0 saturated carbocycles. The number of piperidine rings is 1. The fourth-order valence-corrected chi connectivity index (χ4v) is 5.85. The summed E-state index contributed by atoms with van der Waals surface area (Å²) in [5.41, 5.74) is 6.84. The molecule has 1 saturated heterocycles.